The first-order valence-electron chi connectivity index (χ1n) is 8.62. The molecule has 0 fully saturated rings. The zero-order valence-corrected chi connectivity index (χ0v) is 16.7. The SMILES string of the molecule is IN(CCN(Cc1ccccn1)Cc1ccccn1)Cc1ccccn1. The van der Waals surface area contributed by atoms with Gasteiger partial charge in [-0.3, -0.25) is 19.9 Å². The van der Waals surface area contributed by atoms with Crippen LogP contribution in [0.25, 0.3) is 0 Å². The average molecular weight is 459 g/mol. The van der Waals surface area contributed by atoms with Crippen LogP contribution in [-0.4, -0.2) is 36.1 Å². The van der Waals surface area contributed by atoms with Gasteiger partial charge in [-0.05, 0) is 36.4 Å². The molecule has 3 heterocycles. The van der Waals surface area contributed by atoms with Crippen LogP contribution in [0.1, 0.15) is 17.1 Å². The van der Waals surface area contributed by atoms with Gasteiger partial charge in [0.05, 0.1) is 23.6 Å². The van der Waals surface area contributed by atoms with Gasteiger partial charge >= 0.3 is 0 Å². The Bertz CT molecular complexity index is 713. The summed E-state index contributed by atoms with van der Waals surface area (Å²) in [6.45, 7) is 4.33. The van der Waals surface area contributed by atoms with Crippen molar-refractivity contribution in [1.29, 1.82) is 0 Å². The zero-order valence-electron chi connectivity index (χ0n) is 14.6. The minimum Gasteiger partial charge on any atom is -0.290 e. The summed E-state index contributed by atoms with van der Waals surface area (Å²) in [5, 5.41) is 0. The summed E-state index contributed by atoms with van der Waals surface area (Å²) >= 11 is 2.38. The molecule has 0 aliphatic carbocycles. The van der Waals surface area contributed by atoms with Gasteiger partial charge in [0.1, 0.15) is 0 Å². The van der Waals surface area contributed by atoms with Crippen LogP contribution in [0.4, 0.5) is 0 Å². The Morgan fingerprint density at radius 3 is 1.50 bits per heavy atom. The van der Waals surface area contributed by atoms with E-state index in [9.17, 15) is 0 Å². The van der Waals surface area contributed by atoms with Gasteiger partial charge in [-0.15, -0.1) is 0 Å². The third kappa shape index (κ3) is 6.44. The summed E-state index contributed by atoms with van der Waals surface area (Å²) in [7, 11) is 0. The molecule has 0 bridgehead atoms. The molecular weight excluding hydrogens is 437 g/mol. The molecular formula is C20H22IN5. The predicted octanol–water partition coefficient (Wildman–Crippen LogP) is 3.73. The van der Waals surface area contributed by atoms with Crippen LogP contribution < -0.4 is 0 Å². The second-order valence-electron chi connectivity index (χ2n) is 6.02. The minimum absolute atomic E-state index is 0.811. The van der Waals surface area contributed by atoms with Gasteiger partial charge in [0.15, 0.2) is 0 Å². The number of hydrogen-bond acceptors (Lipinski definition) is 5. The van der Waals surface area contributed by atoms with Crippen molar-refractivity contribution in [2.24, 2.45) is 0 Å². The molecule has 0 atom stereocenters. The fourth-order valence-electron chi connectivity index (χ4n) is 2.65. The van der Waals surface area contributed by atoms with Gasteiger partial charge in [-0.25, -0.2) is 3.11 Å². The molecule has 0 N–H and O–H groups in total. The molecule has 0 spiro atoms. The van der Waals surface area contributed by atoms with Gasteiger partial charge in [0.25, 0.3) is 0 Å². The van der Waals surface area contributed by atoms with E-state index in [0.29, 0.717) is 0 Å². The Balaban J connectivity index is 1.59. The van der Waals surface area contributed by atoms with Gasteiger partial charge in [0, 0.05) is 67.6 Å². The quantitative estimate of drug-likeness (QED) is 0.361. The zero-order chi connectivity index (χ0) is 18.0. The molecule has 0 saturated carbocycles. The number of halogens is 1. The standard InChI is InChI=1S/C20H22IN5/c21-26(17-20-9-3-6-12-24-20)14-13-25(15-18-7-1-4-10-22-18)16-19-8-2-5-11-23-19/h1-12H,13-17H2. The maximum Gasteiger partial charge on any atom is 0.0552 e. The van der Waals surface area contributed by atoms with Crippen LogP contribution in [0.2, 0.25) is 0 Å². The topological polar surface area (TPSA) is 45.2 Å². The lowest BCUT2D eigenvalue weighted by Gasteiger charge is -2.24. The highest BCUT2D eigenvalue weighted by Crippen LogP contribution is 2.10. The van der Waals surface area contributed by atoms with E-state index < -0.39 is 0 Å². The fourth-order valence-corrected chi connectivity index (χ4v) is 3.22. The largest absolute Gasteiger partial charge is 0.290 e. The highest BCUT2D eigenvalue weighted by Gasteiger charge is 2.11. The smallest absolute Gasteiger partial charge is 0.0552 e. The number of hydrogen-bond donors (Lipinski definition) is 0. The molecule has 0 aliphatic heterocycles. The second kappa shape index (κ2) is 10.3. The number of rotatable bonds is 9. The maximum atomic E-state index is 4.47. The Labute approximate surface area is 168 Å². The lowest BCUT2D eigenvalue weighted by molar-refractivity contribution is 0.236. The first-order chi connectivity index (χ1) is 12.8. The molecule has 3 aromatic heterocycles. The van der Waals surface area contributed by atoms with Crippen LogP contribution >= 0.6 is 22.9 Å². The highest BCUT2D eigenvalue weighted by atomic mass is 127. The van der Waals surface area contributed by atoms with Crippen molar-refractivity contribution in [3.8, 4) is 0 Å². The molecule has 134 valence electrons. The highest BCUT2D eigenvalue weighted by molar-refractivity contribution is 14.1. The van der Waals surface area contributed by atoms with Crippen LogP contribution in [0.3, 0.4) is 0 Å². The van der Waals surface area contributed by atoms with E-state index >= 15 is 0 Å². The van der Waals surface area contributed by atoms with E-state index in [1.807, 2.05) is 55.0 Å². The molecule has 3 rings (SSSR count). The Morgan fingerprint density at radius 2 is 1.08 bits per heavy atom. The van der Waals surface area contributed by atoms with Crippen LogP contribution in [0.15, 0.2) is 73.2 Å². The molecule has 5 nitrogen and oxygen atoms in total. The van der Waals surface area contributed by atoms with Crippen molar-refractivity contribution >= 4 is 22.9 Å². The van der Waals surface area contributed by atoms with Gasteiger partial charge < -0.3 is 0 Å². The molecule has 3 aromatic rings. The number of pyridine rings is 3. The van der Waals surface area contributed by atoms with Crippen molar-refractivity contribution < 1.29 is 0 Å². The van der Waals surface area contributed by atoms with Crippen LogP contribution in [-0.2, 0) is 19.6 Å². The summed E-state index contributed by atoms with van der Waals surface area (Å²) in [4.78, 5) is 15.7. The average Bonchev–Trinajstić information content (AvgIpc) is 2.68. The van der Waals surface area contributed by atoms with Gasteiger partial charge in [-0.1, -0.05) is 18.2 Å². The monoisotopic (exact) mass is 459 g/mol. The molecule has 0 aliphatic rings. The lowest BCUT2D eigenvalue weighted by atomic mass is 10.3. The van der Waals surface area contributed by atoms with Crippen molar-refractivity contribution in [3.63, 3.8) is 0 Å². The van der Waals surface area contributed by atoms with Gasteiger partial charge in [-0.2, -0.15) is 0 Å². The van der Waals surface area contributed by atoms with Crippen molar-refractivity contribution in [2.75, 3.05) is 13.1 Å². The van der Waals surface area contributed by atoms with Crippen molar-refractivity contribution in [3.05, 3.63) is 90.3 Å². The van der Waals surface area contributed by atoms with Gasteiger partial charge in [0.2, 0.25) is 0 Å². The van der Waals surface area contributed by atoms with Crippen LogP contribution in [0.5, 0.6) is 0 Å². The number of nitrogens with zero attached hydrogens (tertiary/aromatic N) is 5. The van der Waals surface area contributed by atoms with E-state index in [1.165, 1.54) is 0 Å². The normalized spacial score (nSPS) is 11.2. The first kappa shape index (κ1) is 18.9. The van der Waals surface area contributed by atoms with E-state index in [1.54, 1.807) is 0 Å². The maximum absolute atomic E-state index is 4.47. The van der Waals surface area contributed by atoms with Crippen molar-refractivity contribution in [1.82, 2.24) is 23.0 Å². The molecule has 0 unspecified atom stereocenters. The summed E-state index contributed by atoms with van der Waals surface area (Å²) in [6.07, 6.45) is 5.54. The van der Waals surface area contributed by atoms with E-state index in [2.05, 4.69) is 64.0 Å². The Hall–Kier alpha value is -1.90. The third-order valence-corrected chi connectivity index (χ3v) is 4.77. The van der Waals surface area contributed by atoms with E-state index in [0.717, 1.165) is 49.8 Å². The molecule has 0 saturated heterocycles. The lowest BCUT2D eigenvalue weighted by Crippen LogP contribution is -2.31. The first-order valence-corrected chi connectivity index (χ1v) is 9.59. The summed E-state index contributed by atoms with van der Waals surface area (Å²) in [5.74, 6) is 0. The second-order valence-corrected chi connectivity index (χ2v) is 7.38. The Kier molecular flexibility index (Phi) is 7.48. The third-order valence-electron chi connectivity index (χ3n) is 3.94. The van der Waals surface area contributed by atoms with Crippen LogP contribution in [0, 0.1) is 0 Å². The minimum atomic E-state index is 0.811. The molecule has 6 heteroatoms. The summed E-state index contributed by atoms with van der Waals surface area (Å²) in [5.41, 5.74) is 3.24. The Morgan fingerprint density at radius 1 is 0.615 bits per heavy atom. The molecule has 0 amide bonds. The molecule has 0 aromatic carbocycles. The molecule has 0 radical (unpaired) electrons. The predicted molar refractivity (Wildman–Crippen MR) is 111 cm³/mol. The van der Waals surface area contributed by atoms with E-state index in [-0.39, 0.29) is 0 Å². The van der Waals surface area contributed by atoms with E-state index in [4.69, 9.17) is 0 Å². The molecule has 26 heavy (non-hydrogen) atoms. The van der Waals surface area contributed by atoms with Crippen molar-refractivity contribution in [2.45, 2.75) is 19.6 Å². The number of aromatic nitrogens is 3. The summed E-state index contributed by atoms with van der Waals surface area (Å²) in [6, 6.07) is 18.1. The fraction of sp³-hybridized carbons (Fsp3) is 0.250. The summed E-state index contributed by atoms with van der Waals surface area (Å²) < 4.78 is 2.27.